The van der Waals surface area contributed by atoms with Gasteiger partial charge in [0.05, 0.1) is 0 Å². The second-order valence-electron chi connectivity index (χ2n) is 3.25. The fourth-order valence-electron chi connectivity index (χ4n) is 1.92. The summed E-state index contributed by atoms with van der Waals surface area (Å²) in [6, 6.07) is 0. The Hall–Kier alpha value is -0.0800. The highest BCUT2D eigenvalue weighted by atomic mass is 16.8. The van der Waals surface area contributed by atoms with E-state index >= 15 is 0 Å². The monoisotopic (exact) mass is 142 g/mol. The van der Waals surface area contributed by atoms with Gasteiger partial charge in [0.2, 0.25) is 0 Å². The van der Waals surface area contributed by atoms with Gasteiger partial charge < -0.3 is 9.47 Å². The van der Waals surface area contributed by atoms with Gasteiger partial charge in [0.25, 0.3) is 0 Å². The molecule has 2 heteroatoms. The second-order valence-corrected chi connectivity index (χ2v) is 3.25. The number of ether oxygens (including phenoxy) is 2. The van der Waals surface area contributed by atoms with Gasteiger partial charge in [0.15, 0.2) is 6.29 Å². The fourth-order valence-corrected chi connectivity index (χ4v) is 1.92. The van der Waals surface area contributed by atoms with Crippen molar-refractivity contribution in [3.63, 3.8) is 0 Å². The number of hydrogen-bond donors (Lipinski definition) is 0. The predicted octanol–water partition coefficient (Wildman–Crippen LogP) is 1.55. The Labute approximate surface area is 61.5 Å². The summed E-state index contributed by atoms with van der Waals surface area (Å²) >= 11 is 0. The molecule has 2 atom stereocenters. The molecule has 1 saturated heterocycles. The summed E-state index contributed by atoms with van der Waals surface area (Å²) in [6.45, 7) is 0. The molecule has 58 valence electrons. The molecular formula is C8H14O2. The standard InChI is InChI=1S/C8H14O2/c1-9-8-7(10-8)6-4-2-3-5-6/h6-8H,2-5H2,1H3. The molecule has 0 amide bonds. The lowest BCUT2D eigenvalue weighted by Gasteiger charge is -2.01. The molecule has 0 bridgehead atoms. The van der Waals surface area contributed by atoms with Gasteiger partial charge in [0, 0.05) is 7.11 Å². The Morgan fingerprint density at radius 2 is 2.00 bits per heavy atom. The Balaban J connectivity index is 1.79. The molecule has 0 aromatic carbocycles. The van der Waals surface area contributed by atoms with Crippen molar-refractivity contribution in [3.05, 3.63) is 0 Å². The molecule has 0 aromatic heterocycles. The van der Waals surface area contributed by atoms with Gasteiger partial charge in [-0.25, -0.2) is 0 Å². The molecule has 0 spiro atoms. The lowest BCUT2D eigenvalue weighted by Crippen LogP contribution is -2.06. The zero-order chi connectivity index (χ0) is 6.97. The minimum Gasteiger partial charge on any atom is -0.353 e. The van der Waals surface area contributed by atoms with Crippen molar-refractivity contribution in [2.75, 3.05) is 7.11 Å². The lowest BCUT2D eigenvalue weighted by atomic mass is 10.0. The van der Waals surface area contributed by atoms with Crippen molar-refractivity contribution in [3.8, 4) is 0 Å². The Morgan fingerprint density at radius 1 is 1.30 bits per heavy atom. The van der Waals surface area contributed by atoms with Crippen molar-refractivity contribution in [1.82, 2.24) is 0 Å². The molecule has 2 aliphatic rings. The van der Waals surface area contributed by atoms with Crippen LogP contribution in [0.4, 0.5) is 0 Å². The first-order chi connectivity index (χ1) is 4.92. The molecule has 1 heterocycles. The van der Waals surface area contributed by atoms with Crippen LogP contribution in [0.15, 0.2) is 0 Å². The highest BCUT2D eigenvalue weighted by Gasteiger charge is 2.45. The van der Waals surface area contributed by atoms with E-state index in [-0.39, 0.29) is 6.29 Å². The quantitative estimate of drug-likeness (QED) is 0.545. The zero-order valence-electron chi connectivity index (χ0n) is 6.38. The van der Waals surface area contributed by atoms with Crippen LogP contribution in [-0.2, 0) is 9.47 Å². The maximum atomic E-state index is 5.33. The normalized spacial score (nSPS) is 40.5. The van der Waals surface area contributed by atoms with Gasteiger partial charge in [-0.1, -0.05) is 12.8 Å². The fraction of sp³-hybridized carbons (Fsp3) is 1.00. The van der Waals surface area contributed by atoms with E-state index in [1.54, 1.807) is 7.11 Å². The Morgan fingerprint density at radius 3 is 2.50 bits per heavy atom. The predicted molar refractivity (Wildman–Crippen MR) is 37.6 cm³/mol. The molecule has 2 unspecified atom stereocenters. The first kappa shape index (κ1) is 6.62. The van der Waals surface area contributed by atoms with Crippen molar-refractivity contribution in [2.24, 2.45) is 5.92 Å². The summed E-state index contributed by atoms with van der Waals surface area (Å²) < 4.78 is 10.4. The zero-order valence-corrected chi connectivity index (χ0v) is 6.38. The van der Waals surface area contributed by atoms with Crippen molar-refractivity contribution in [1.29, 1.82) is 0 Å². The highest BCUT2D eigenvalue weighted by Crippen LogP contribution is 2.39. The first-order valence-corrected chi connectivity index (χ1v) is 4.10. The Bertz CT molecular complexity index is 118. The molecule has 10 heavy (non-hydrogen) atoms. The number of epoxide rings is 1. The van der Waals surface area contributed by atoms with Crippen molar-refractivity contribution in [2.45, 2.75) is 38.1 Å². The third kappa shape index (κ3) is 1.06. The molecule has 1 aliphatic heterocycles. The molecular weight excluding hydrogens is 128 g/mol. The van der Waals surface area contributed by atoms with Gasteiger partial charge in [0.1, 0.15) is 6.10 Å². The van der Waals surface area contributed by atoms with E-state index in [9.17, 15) is 0 Å². The summed E-state index contributed by atoms with van der Waals surface area (Å²) in [4.78, 5) is 0. The van der Waals surface area contributed by atoms with Gasteiger partial charge in [-0.15, -0.1) is 0 Å². The van der Waals surface area contributed by atoms with E-state index in [0.29, 0.717) is 6.10 Å². The number of hydrogen-bond acceptors (Lipinski definition) is 2. The summed E-state index contributed by atoms with van der Waals surface area (Å²) in [6.07, 6.45) is 6.08. The number of rotatable bonds is 2. The summed E-state index contributed by atoms with van der Waals surface area (Å²) in [5.74, 6) is 0.810. The first-order valence-electron chi connectivity index (χ1n) is 4.10. The van der Waals surface area contributed by atoms with Crippen molar-refractivity contribution >= 4 is 0 Å². The molecule has 0 aromatic rings. The van der Waals surface area contributed by atoms with E-state index in [1.807, 2.05) is 0 Å². The highest BCUT2D eigenvalue weighted by molar-refractivity contribution is 4.86. The average Bonchev–Trinajstić information content (AvgIpc) is 2.56. The maximum Gasteiger partial charge on any atom is 0.184 e. The van der Waals surface area contributed by atoms with Crippen LogP contribution in [0.25, 0.3) is 0 Å². The van der Waals surface area contributed by atoms with Gasteiger partial charge in [-0.3, -0.25) is 0 Å². The molecule has 2 rings (SSSR count). The van der Waals surface area contributed by atoms with Crippen molar-refractivity contribution < 1.29 is 9.47 Å². The van der Waals surface area contributed by atoms with Crippen LogP contribution >= 0.6 is 0 Å². The van der Waals surface area contributed by atoms with Gasteiger partial charge in [-0.2, -0.15) is 0 Å². The summed E-state index contributed by atoms with van der Waals surface area (Å²) in [7, 11) is 1.72. The SMILES string of the molecule is COC1OC1C1CCCC1. The van der Waals surface area contributed by atoms with Gasteiger partial charge >= 0.3 is 0 Å². The van der Waals surface area contributed by atoms with Crippen LogP contribution in [-0.4, -0.2) is 19.5 Å². The van der Waals surface area contributed by atoms with E-state index in [0.717, 1.165) is 5.92 Å². The topological polar surface area (TPSA) is 21.8 Å². The van der Waals surface area contributed by atoms with Crippen LogP contribution in [0, 0.1) is 5.92 Å². The lowest BCUT2D eigenvalue weighted by molar-refractivity contribution is 0.0950. The molecule has 1 aliphatic carbocycles. The van der Waals surface area contributed by atoms with Crippen LogP contribution in [0.1, 0.15) is 25.7 Å². The van der Waals surface area contributed by atoms with E-state index in [4.69, 9.17) is 9.47 Å². The third-order valence-corrected chi connectivity index (χ3v) is 2.58. The van der Waals surface area contributed by atoms with Crippen LogP contribution < -0.4 is 0 Å². The largest absolute Gasteiger partial charge is 0.353 e. The summed E-state index contributed by atoms with van der Waals surface area (Å²) in [5, 5.41) is 0. The smallest absolute Gasteiger partial charge is 0.184 e. The number of methoxy groups -OCH3 is 1. The molecule has 1 saturated carbocycles. The second kappa shape index (κ2) is 2.51. The Kier molecular flexibility index (Phi) is 1.66. The third-order valence-electron chi connectivity index (χ3n) is 2.58. The molecule has 2 fully saturated rings. The minimum absolute atomic E-state index is 0.142. The van der Waals surface area contributed by atoms with Crippen LogP contribution in [0.2, 0.25) is 0 Å². The van der Waals surface area contributed by atoms with E-state index in [1.165, 1.54) is 25.7 Å². The molecule has 0 radical (unpaired) electrons. The average molecular weight is 142 g/mol. The maximum absolute atomic E-state index is 5.33. The van der Waals surface area contributed by atoms with E-state index < -0.39 is 0 Å². The molecule has 0 N–H and O–H groups in total. The van der Waals surface area contributed by atoms with Gasteiger partial charge in [-0.05, 0) is 18.8 Å². The minimum atomic E-state index is 0.142. The molecule has 2 nitrogen and oxygen atoms in total. The summed E-state index contributed by atoms with van der Waals surface area (Å²) in [5.41, 5.74) is 0. The van der Waals surface area contributed by atoms with Crippen LogP contribution in [0.5, 0.6) is 0 Å². The van der Waals surface area contributed by atoms with E-state index in [2.05, 4.69) is 0 Å². The van der Waals surface area contributed by atoms with Crippen LogP contribution in [0.3, 0.4) is 0 Å².